The van der Waals surface area contributed by atoms with Gasteiger partial charge < -0.3 is 14.6 Å². The highest BCUT2D eigenvalue weighted by atomic mass is 16.5. The van der Waals surface area contributed by atoms with E-state index in [2.05, 4.69) is 19.1 Å². The van der Waals surface area contributed by atoms with E-state index < -0.39 is 6.10 Å². The van der Waals surface area contributed by atoms with Crippen LogP contribution < -0.4 is 4.74 Å². The first-order chi connectivity index (χ1) is 8.52. The normalized spacial score (nSPS) is 12.8. The summed E-state index contributed by atoms with van der Waals surface area (Å²) in [5.41, 5.74) is 2.33. The zero-order chi connectivity index (χ0) is 13.5. The number of rotatable bonds is 7. The van der Waals surface area contributed by atoms with Crippen molar-refractivity contribution in [2.24, 2.45) is 0 Å². The molecule has 18 heavy (non-hydrogen) atoms. The van der Waals surface area contributed by atoms with Gasteiger partial charge >= 0.3 is 0 Å². The molecule has 3 nitrogen and oxygen atoms in total. The van der Waals surface area contributed by atoms with Crippen LogP contribution >= 0.6 is 0 Å². The molecule has 0 aromatic heterocycles. The molecule has 1 aromatic rings. The van der Waals surface area contributed by atoms with Crippen LogP contribution in [0.5, 0.6) is 5.75 Å². The number of aryl methyl sites for hydroxylation is 2. The zero-order valence-corrected chi connectivity index (χ0v) is 11.8. The Morgan fingerprint density at radius 3 is 2.56 bits per heavy atom. The summed E-state index contributed by atoms with van der Waals surface area (Å²) in [5, 5.41) is 9.74. The van der Waals surface area contributed by atoms with Gasteiger partial charge in [0, 0.05) is 0 Å². The van der Waals surface area contributed by atoms with Crippen LogP contribution in [0.3, 0.4) is 0 Å². The molecule has 0 aliphatic carbocycles. The lowest BCUT2D eigenvalue weighted by molar-refractivity contribution is -0.0124. The van der Waals surface area contributed by atoms with Crippen LogP contribution in [0.15, 0.2) is 18.2 Å². The van der Waals surface area contributed by atoms with E-state index in [-0.39, 0.29) is 12.7 Å². The molecule has 0 aliphatic rings. The molecule has 0 amide bonds. The molecule has 1 unspecified atom stereocenters. The van der Waals surface area contributed by atoms with Crippen molar-refractivity contribution in [1.29, 1.82) is 0 Å². The van der Waals surface area contributed by atoms with Crippen molar-refractivity contribution >= 4 is 0 Å². The van der Waals surface area contributed by atoms with Gasteiger partial charge in [-0.2, -0.15) is 0 Å². The van der Waals surface area contributed by atoms with E-state index in [9.17, 15) is 5.11 Å². The standard InChI is InChI=1S/C15H24O3/c1-5-13-7-6-12(4)8-15(13)18-10-14(16)9-17-11(2)3/h6-8,11,14,16H,5,9-10H2,1-4H3. The van der Waals surface area contributed by atoms with Crippen LogP contribution in [-0.2, 0) is 11.2 Å². The van der Waals surface area contributed by atoms with Crippen LogP contribution in [-0.4, -0.2) is 30.5 Å². The van der Waals surface area contributed by atoms with E-state index in [0.717, 1.165) is 23.3 Å². The lowest BCUT2D eigenvalue weighted by Gasteiger charge is -2.16. The first-order valence-corrected chi connectivity index (χ1v) is 6.55. The molecular weight excluding hydrogens is 228 g/mol. The maximum atomic E-state index is 9.74. The van der Waals surface area contributed by atoms with Gasteiger partial charge in [0.25, 0.3) is 0 Å². The van der Waals surface area contributed by atoms with E-state index in [0.29, 0.717) is 6.61 Å². The van der Waals surface area contributed by atoms with Gasteiger partial charge in [-0.05, 0) is 44.4 Å². The van der Waals surface area contributed by atoms with Crippen LogP contribution in [0.25, 0.3) is 0 Å². The van der Waals surface area contributed by atoms with Crippen LogP contribution in [0.4, 0.5) is 0 Å². The molecular formula is C15H24O3. The molecule has 0 heterocycles. The highest BCUT2D eigenvalue weighted by molar-refractivity contribution is 5.37. The van der Waals surface area contributed by atoms with E-state index in [1.807, 2.05) is 26.8 Å². The second-order valence-corrected chi connectivity index (χ2v) is 4.81. The fourth-order valence-corrected chi connectivity index (χ4v) is 1.63. The fourth-order valence-electron chi connectivity index (χ4n) is 1.63. The summed E-state index contributed by atoms with van der Waals surface area (Å²) in [5.74, 6) is 0.862. The van der Waals surface area contributed by atoms with Crippen LogP contribution in [0.1, 0.15) is 31.9 Å². The molecule has 0 radical (unpaired) electrons. The highest BCUT2D eigenvalue weighted by Crippen LogP contribution is 2.21. The number of benzene rings is 1. The van der Waals surface area contributed by atoms with E-state index in [4.69, 9.17) is 9.47 Å². The minimum Gasteiger partial charge on any atom is -0.491 e. The van der Waals surface area contributed by atoms with Gasteiger partial charge in [0.1, 0.15) is 18.5 Å². The van der Waals surface area contributed by atoms with Gasteiger partial charge in [-0.15, -0.1) is 0 Å². The highest BCUT2D eigenvalue weighted by Gasteiger charge is 2.09. The third-order valence-corrected chi connectivity index (χ3v) is 2.66. The maximum absolute atomic E-state index is 9.74. The lowest BCUT2D eigenvalue weighted by Crippen LogP contribution is -2.25. The Hall–Kier alpha value is -1.06. The van der Waals surface area contributed by atoms with Gasteiger partial charge in [0.15, 0.2) is 0 Å². The van der Waals surface area contributed by atoms with Crippen LogP contribution in [0, 0.1) is 6.92 Å². The van der Waals surface area contributed by atoms with Crippen molar-refractivity contribution in [2.75, 3.05) is 13.2 Å². The second-order valence-electron chi connectivity index (χ2n) is 4.81. The number of aliphatic hydroxyl groups excluding tert-OH is 1. The number of hydrogen-bond donors (Lipinski definition) is 1. The maximum Gasteiger partial charge on any atom is 0.122 e. The fraction of sp³-hybridized carbons (Fsp3) is 0.600. The average molecular weight is 252 g/mol. The van der Waals surface area contributed by atoms with E-state index in [1.165, 1.54) is 0 Å². The quantitative estimate of drug-likeness (QED) is 0.811. The molecule has 0 aliphatic heterocycles. The number of aliphatic hydroxyl groups is 1. The molecule has 3 heteroatoms. The molecule has 0 bridgehead atoms. The second kappa shape index (κ2) is 7.39. The van der Waals surface area contributed by atoms with E-state index in [1.54, 1.807) is 0 Å². The minimum atomic E-state index is -0.586. The molecule has 1 rings (SSSR count). The van der Waals surface area contributed by atoms with Crippen molar-refractivity contribution in [2.45, 2.75) is 46.3 Å². The average Bonchev–Trinajstić information content (AvgIpc) is 2.34. The molecule has 0 spiro atoms. The molecule has 1 N–H and O–H groups in total. The topological polar surface area (TPSA) is 38.7 Å². The lowest BCUT2D eigenvalue weighted by atomic mass is 10.1. The minimum absolute atomic E-state index is 0.129. The van der Waals surface area contributed by atoms with Crippen molar-refractivity contribution in [1.82, 2.24) is 0 Å². The first-order valence-electron chi connectivity index (χ1n) is 6.55. The molecule has 0 saturated heterocycles. The number of ether oxygens (including phenoxy) is 2. The van der Waals surface area contributed by atoms with E-state index >= 15 is 0 Å². The summed E-state index contributed by atoms with van der Waals surface area (Å²) in [6.07, 6.45) is 0.469. The van der Waals surface area contributed by atoms with Gasteiger partial charge in [-0.25, -0.2) is 0 Å². The molecule has 0 saturated carbocycles. The third kappa shape index (κ3) is 5.07. The summed E-state index contributed by atoms with van der Waals surface area (Å²) in [4.78, 5) is 0. The Labute approximate surface area is 110 Å². The summed E-state index contributed by atoms with van der Waals surface area (Å²) in [6, 6.07) is 6.15. The predicted molar refractivity (Wildman–Crippen MR) is 73.1 cm³/mol. The van der Waals surface area contributed by atoms with Gasteiger partial charge in [0.05, 0.1) is 12.7 Å². The Bertz CT molecular complexity index is 361. The Morgan fingerprint density at radius 2 is 1.94 bits per heavy atom. The molecule has 102 valence electrons. The summed E-state index contributed by atoms with van der Waals surface area (Å²) in [7, 11) is 0. The SMILES string of the molecule is CCc1ccc(C)cc1OCC(O)COC(C)C. The van der Waals surface area contributed by atoms with Gasteiger partial charge in [-0.3, -0.25) is 0 Å². The van der Waals surface area contributed by atoms with Crippen molar-refractivity contribution in [3.63, 3.8) is 0 Å². The zero-order valence-electron chi connectivity index (χ0n) is 11.8. The molecule has 1 aromatic carbocycles. The van der Waals surface area contributed by atoms with Crippen molar-refractivity contribution in [3.05, 3.63) is 29.3 Å². The Morgan fingerprint density at radius 1 is 1.22 bits per heavy atom. The predicted octanol–water partition coefficient (Wildman–Crippen LogP) is 2.72. The summed E-state index contributed by atoms with van der Waals surface area (Å²) < 4.78 is 11.0. The van der Waals surface area contributed by atoms with Gasteiger partial charge in [0.2, 0.25) is 0 Å². The Balaban J connectivity index is 2.49. The monoisotopic (exact) mass is 252 g/mol. The third-order valence-electron chi connectivity index (χ3n) is 2.66. The van der Waals surface area contributed by atoms with Gasteiger partial charge in [-0.1, -0.05) is 19.1 Å². The number of hydrogen-bond acceptors (Lipinski definition) is 3. The van der Waals surface area contributed by atoms with Crippen LogP contribution in [0.2, 0.25) is 0 Å². The largest absolute Gasteiger partial charge is 0.491 e. The molecule has 0 fully saturated rings. The van der Waals surface area contributed by atoms with Crippen molar-refractivity contribution in [3.8, 4) is 5.75 Å². The Kier molecular flexibility index (Phi) is 6.16. The summed E-state index contributed by atoms with van der Waals surface area (Å²) in [6.45, 7) is 8.60. The summed E-state index contributed by atoms with van der Waals surface area (Å²) >= 11 is 0. The smallest absolute Gasteiger partial charge is 0.122 e. The molecule has 1 atom stereocenters. The first kappa shape index (κ1) is 15.0. The van der Waals surface area contributed by atoms with Crippen molar-refractivity contribution < 1.29 is 14.6 Å².